The molecule has 1 unspecified atom stereocenters. The zero-order valence-corrected chi connectivity index (χ0v) is 13.3. The van der Waals surface area contributed by atoms with Crippen LogP contribution in [0, 0.1) is 0 Å². The van der Waals surface area contributed by atoms with Crippen LogP contribution in [-0.4, -0.2) is 34.5 Å². The zero-order chi connectivity index (χ0) is 15.2. The first-order valence-electron chi connectivity index (χ1n) is 6.93. The molecule has 114 valence electrons. The number of hydrogen-bond acceptors (Lipinski definition) is 6. The Morgan fingerprint density at radius 2 is 2.24 bits per heavy atom. The second-order valence-corrected chi connectivity index (χ2v) is 5.62. The number of anilines is 1. The SMILES string of the molecule is CCC(C)Nc1nc(-c2ccc(=O)n(CCOC)n2)cs1. The summed E-state index contributed by atoms with van der Waals surface area (Å²) in [5, 5.41) is 10.5. The minimum Gasteiger partial charge on any atom is -0.383 e. The van der Waals surface area contributed by atoms with Crippen LogP contribution in [0.1, 0.15) is 20.3 Å². The number of thiazole rings is 1. The van der Waals surface area contributed by atoms with Gasteiger partial charge >= 0.3 is 0 Å². The predicted molar refractivity (Wildman–Crippen MR) is 84.9 cm³/mol. The van der Waals surface area contributed by atoms with Crippen molar-refractivity contribution in [1.82, 2.24) is 14.8 Å². The Hall–Kier alpha value is -1.73. The summed E-state index contributed by atoms with van der Waals surface area (Å²) in [6.45, 7) is 5.13. The molecule has 1 N–H and O–H groups in total. The van der Waals surface area contributed by atoms with Gasteiger partial charge < -0.3 is 10.1 Å². The third kappa shape index (κ3) is 4.12. The van der Waals surface area contributed by atoms with Crippen LogP contribution in [0.2, 0.25) is 0 Å². The summed E-state index contributed by atoms with van der Waals surface area (Å²) in [7, 11) is 1.60. The van der Waals surface area contributed by atoms with Crippen molar-refractivity contribution in [3.8, 4) is 11.4 Å². The van der Waals surface area contributed by atoms with E-state index in [0.29, 0.717) is 24.9 Å². The van der Waals surface area contributed by atoms with Crippen LogP contribution in [0.5, 0.6) is 0 Å². The Balaban J connectivity index is 2.20. The van der Waals surface area contributed by atoms with Crippen LogP contribution in [0.3, 0.4) is 0 Å². The molecule has 0 aliphatic carbocycles. The van der Waals surface area contributed by atoms with Gasteiger partial charge in [0.25, 0.3) is 5.56 Å². The maximum atomic E-state index is 11.7. The van der Waals surface area contributed by atoms with E-state index >= 15 is 0 Å². The molecule has 0 radical (unpaired) electrons. The van der Waals surface area contributed by atoms with Crippen molar-refractivity contribution in [3.05, 3.63) is 27.9 Å². The van der Waals surface area contributed by atoms with Crippen LogP contribution in [-0.2, 0) is 11.3 Å². The summed E-state index contributed by atoms with van der Waals surface area (Å²) in [5.74, 6) is 0. The fourth-order valence-electron chi connectivity index (χ4n) is 1.69. The molecule has 7 heteroatoms. The maximum absolute atomic E-state index is 11.7. The van der Waals surface area contributed by atoms with Gasteiger partial charge in [-0.25, -0.2) is 9.67 Å². The number of rotatable bonds is 7. The fourth-order valence-corrected chi connectivity index (χ4v) is 2.51. The quantitative estimate of drug-likeness (QED) is 0.849. The number of nitrogens with zero attached hydrogens (tertiary/aromatic N) is 3. The lowest BCUT2D eigenvalue weighted by Gasteiger charge is -2.08. The van der Waals surface area contributed by atoms with E-state index < -0.39 is 0 Å². The van der Waals surface area contributed by atoms with E-state index in [9.17, 15) is 4.79 Å². The molecule has 0 saturated heterocycles. The first-order valence-corrected chi connectivity index (χ1v) is 7.81. The largest absolute Gasteiger partial charge is 0.383 e. The lowest BCUT2D eigenvalue weighted by Crippen LogP contribution is -2.24. The molecule has 0 bridgehead atoms. The molecule has 6 nitrogen and oxygen atoms in total. The molecule has 2 heterocycles. The van der Waals surface area contributed by atoms with Gasteiger partial charge in [-0.05, 0) is 19.4 Å². The molecule has 0 saturated carbocycles. The highest BCUT2D eigenvalue weighted by atomic mass is 32.1. The van der Waals surface area contributed by atoms with Gasteiger partial charge in [0, 0.05) is 24.6 Å². The van der Waals surface area contributed by atoms with E-state index in [-0.39, 0.29) is 5.56 Å². The van der Waals surface area contributed by atoms with Gasteiger partial charge in [0.15, 0.2) is 5.13 Å². The number of nitrogens with one attached hydrogen (secondary N) is 1. The lowest BCUT2D eigenvalue weighted by atomic mass is 10.3. The Morgan fingerprint density at radius 1 is 1.43 bits per heavy atom. The van der Waals surface area contributed by atoms with Crippen molar-refractivity contribution >= 4 is 16.5 Å². The Bertz CT molecular complexity index is 638. The van der Waals surface area contributed by atoms with Gasteiger partial charge in [-0.15, -0.1) is 11.3 Å². The van der Waals surface area contributed by atoms with E-state index in [1.54, 1.807) is 24.5 Å². The topological polar surface area (TPSA) is 69.0 Å². The number of hydrogen-bond donors (Lipinski definition) is 1. The molecule has 1 atom stereocenters. The van der Waals surface area contributed by atoms with Gasteiger partial charge in [-0.2, -0.15) is 5.10 Å². The van der Waals surface area contributed by atoms with E-state index in [1.165, 1.54) is 10.7 Å². The van der Waals surface area contributed by atoms with Crippen molar-refractivity contribution in [2.75, 3.05) is 19.0 Å². The molecule has 0 aliphatic rings. The molecule has 0 spiro atoms. The molecule has 2 aromatic rings. The van der Waals surface area contributed by atoms with Crippen molar-refractivity contribution in [2.24, 2.45) is 0 Å². The van der Waals surface area contributed by atoms with Gasteiger partial charge in [0.1, 0.15) is 11.4 Å². The third-order valence-electron chi connectivity index (χ3n) is 3.12. The second kappa shape index (κ2) is 7.33. The second-order valence-electron chi connectivity index (χ2n) is 4.76. The van der Waals surface area contributed by atoms with Crippen LogP contribution in [0.15, 0.2) is 22.3 Å². The number of ether oxygens (including phenoxy) is 1. The molecular formula is C14H20N4O2S. The summed E-state index contributed by atoms with van der Waals surface area (Å²) >= 11 is 1.54. The summed E-state index contributed by atoms with van der Waals surface area (Å²) in [5.41, 5.74) is 1.33. The highest BCUT2D eigenvalue weighted by molar-refractivity contribution is 7.14. The van der Waals surface area contributed by atoms with Crippen LogP contribution < -0.4 is 10.9 Å². The highest BCUT2D eigenvalue weighted by Crippen LogP contribution is 2.23. The monoisotopic (exact) mass is 308 g/mol. The molecule has 0 aromatic carbocycles. The molecule has 2 rings (SSSR count). The number of aromatic nitrogens is 3. The summed E-state index contributed by atoms with van der Waals surface area (Å²) < 4.78 is 6.39. The Kier molecular flexibility index (Phi) is 5.46. The average Bonchev–Trinajstić information content (AvgIpc) is 2.94. The van der Waals surface area contributed by atoms with Crippen molar-refractivity contribution in [1.29, 1.82) is 0 Å². The average molecular weight is 308 g/mol. The summed E-state index contributed by atoms with van der Waals surface area (Å²) in [6, 6.07) is 3.60. The van der Waals surface area contributed by atoms with E-state index in [2.05, 4.69) is 29.2 Å². The zero-order valence-electron chi connectivity index (χ0n) is 12.5. The minimum absolute atomic E-state index is 0.135. The predicted octanol–water partition coefficient (Wildman–Crippen LogP) is 2.22. The summed E-state index contributed by atoms with van der Waals surface area (Å²) in [6.07, 6.45) is 1.04. The van der Waals surface area contributed by atoms with Crippen LogP contribution >= 0.6 is 11.3 Å². The maximum Gasteiger partial charge on any atom is 0.266 e. The van der Waals surface area contributed by atoms with Crippen molar-refractivity contribution in [3.63, 3.8) is 0 Å². The molecule has 2 aromatic heterocycles. The minimum atomic E-state index is -0.135. The Morgan fingerprint density at radius 3 is 2.95 bits per heavy atom. The highest BCUT2D eigenvalue weighted by Gasteiger charge is 2.09. The fraction of sp³-hybridized carbons (Fsp3) is 0.500. The van der Waals surface area contributed by atoms with Gasteiger partial charge in [0.2, 0.25) is 0 Å². The third-order valence-corrected chi connectivity index (χ3v) is 3.90. The molecule has 21 heavy (non-hydrogen) atoms. The van der Waals surface area contributed by atoms with Gasteiger partial charge in [0.05, 0.1) is 13.2 Å². The first-order chi connectivity index (χ1) is 10.1. The molecule has 0 fully saturated rings. The standard InChI is InChI=1S/C14H20N4O2S/c1-4-10(2)15-14-16-12(9-21-14)11-5-6-13(19)18(17-11)7-8-20-3/h5-6,9-10H,4,7-8H2,1-3H3,(H,15,16). The molecular weight excluding hydrogens is 288 g/mol. The first kappa shape index (κ1) is 15.7. The van der Waals surface area contributed by atoms with Gasteiger partial charge in [-0.3, -0.25) is 4.79 Å². The molecule has 0 aliphatic heterocycles. The molecule has 0 amide bonds. The van der Waals surface area contributed by atoms with Crippen LogP contribution in [0.25, 0.3) is 11.4 Å². The van der Waals surface area contributed by atoms with Crippen molar-refractivity contribution < 1.29 is 4.74 Å². The van der Waals surface area contributed by atoms with E-state index in [1.807, 2.05) is 5.38 Å². The normalized spacial score (nSPS) is 12.3. The van der Waals surface area contributed by atoms with E-state index in [0.717, 1.165) is 17.2 Å². The Labute approximate surface area is 127 Å². The van der Waals surface area contributed by atoms with Crippen LogP contribution in [0.4, 0.5) is 5.13 Å². The lowest BCUT2D eigenvalue weighted by molar-refractivity contribution is 0.182. The van der Waals surface area contributed by atoms with Crippen molar-refractivity contribution in [2.45, 2.75) is 32.9 Å². The number of methoxy groups -OCH3 is 1. The van der Waals surface area contributed by atoms with Gasteiger partial charge in [-0.1, -0.05) is 6.92 Å². The summed E-state index contributed by atoms with van der Waals surface area (Å²) in [4.78, 5) is 16.2. The smallest absolute Gasteiger partial charge is 0.266 e. The van der Waals surface area contributed by atoms with E-state index in [4.69, 9.17) is 4.74 Å².